The number of aromatic nitrogens is 3. The molecule has 0 amide bonds. The second-order valence-corrected chi connectivity index (χ2v) is 7.55. The van der Waals surface area contributed by atoms with E-state index in [0.717, 1.165) is 61.1 Å². The van der Waals surface area contributed by atoms with E-state index >= 15 is 0 Å². The van der Waals surface area contributed by atoms with Gasteiger partial charge in [-0.05, 0) is 25.8 Å². The summed E-state index contributed by atoms with van der Waals surface area (Å²) in [7, 11) is 1.96. The van der Waals surface area contributed by atoms with Crippen LogP contribution in [0.25, 0.3) is 0 Å². The van der Waals surface area contributed by atoms with Crippen molar-refractivity contribution in [3.8, 4) is 11.5 Å². The highest BCUT2D eigenvalue weighted by atomic mass is 16.5. The maximum Gasteiger partial charge on any atom is 0.192 e. The van der Waals surface area contributed by atoms with Gasteiger partial charge in [0.1, 0.15) is 5.82 Å². The summed E-state index contributed by atoms with van der Waals surface area (Å²) in [5.74, 6) is 4.02. The van der Waals surface area contributed by atoms with Crippen LogP contribution in [0.15, 0.2) is 23.2 Å². The van der Waals surface area contributed by atoms with Crippen molar-refractivity contribution in [2.45, 2.75) is 45.4 Å². The molecule has 162 valence electrons. The van der Waals surface area contributed by atoms with E-state index in [9.17, 15) is 0 Å². The number of rotatable bonds is 6. The van der Waals surface area contributed by atoms with Crippen molar-refractivity contribution in [2.75, 3.05) is 26.4 Å². The molecule has 2 aliphatic heterocycles. The number of aliphatic imine (C=N–C) groups is 1. The zero-order valence-corrected chi connectivity index (χ0v) is 17.7. The van der Waals surface area contributed by atoms with Gasteiger partial charge in [0.15, 0.2) is 23.3 Å². The van der Waals surface area contributed by atoms with Crippen LogP contribution in [0, 0.1) is 6.92 Å². The molecular formula is C21H30N6O3. The summed E-state index contributed by atoms with van der Waals surface area (Å²) in [6, 6.07) is 5.95. The summed E-state index contributed by atoms with van der Waals surface area (Å²) in [6.45, 7) is 5.82. The molecule has 4 rings (SSSR count). The predicted molar refractivity (Wildman–Crippen MR) is 113 cm³/mol. The molecule has 9 nitrogen and oxygen atoms in total. The number of hydrogen-bond acceptors (Lipinski definition) is 6. The summed E-state index contributed by atoms with van der Waals surface area (Å²) in [6.07, 6.45) is 3.28. The molecule has 0 aliphatic carbocycles. The Balaban J connectivity index is 1.46. The smallest absolute Gasteiger partial charge is 0.192 e. The summed E-state index contributed by atoms with van der Waals surface area (Å²) in [5, 5.41) is 15.1. The monoisotopic (exact) mass is 414 g/mol. The molecule has 1 fully saturated rings. The minimum atomic E-state index is 0.221. The molecule has 30 heavy (non-hydrogen) atoms. The van der Waals surface area contributed by atoms with E-state index < -0.39 is 0 Å². The fourth-order valence-electron chi connectivity index (χ4n) is 3.50. The molecule has 1 unspecified atom stereocenters. The number of hydrogen-bond donors (Lipinski definition) is 2. The van der Waals surface area contributed by atoms with Crippen LogP contribution in [0.4, 0.5) is 0 Å². The molecule has 0 bridgehead atoms. The van der Waals surface area contributed by atoms with Gasteiger partial charge in [-0.25, -0.2) is 4.99 Å². The molecule has 0 radical (unpaired) electrons. The molecule has 1 aromatic carbocycles. The van der Waals surface area contributed by atoms with Crippen molar-refractivity contribution in [3.05, 3.63) is 35.4 Å². The van der Waals surface area contributed by atoms with Crippen molar-refractivity contribution < 1.29 is 14.2 Å². The Kier molecular flexibility index (Phi) is 6.68. The highest BCUT2D eigenvalue weighted by Gasteiger charge is 2.17. The molecule has 2 aliphatic rings. The first kappa shape index (κ1) is 20.5. The normalized spacial score (nSPS) is 18.9. The van der Waals surface area contributed by atoms with Crippen LogP contribution < -0.4 is 20.1 Å². The van der Waals surface area contributed by atoms with Crippen LogP contribution >= 0.6 is 0 Å². The average Bonchev–Trinajstić information content (AvgIpc) is 3.31. The van der Waals surface area contributed by atoms with Crippen LogP contribution in [-0.2, 0) is 24.9 Å². The van der Waals surface area contributed by atoms with Gasteiger partial charge in [-0.3, -0.25) is 0 Å². The molecule has 9 heteroatoms. The van der Waals surface area contributed by atoms with Crippen molar-refractivity contribution >= 4 is 5.96 Å². The number of fused-ring (bicyclic) bond motifs is 1. The van der Waals surface area contributed by atoms with Crippen molar-refractivity contribution in [1.29, 1.82) is 0 Å². The van der Waals surface area contributed by atoms with E-state index in [1.165, 1.54) is 0 Å². The van der Waals surface area contributed by atoms with Crippen molar-refractivity contribution in [3.63, 3.8) is 0 Å². The fraction of sp³-hybridized carbons (Fsp3) is 0.571. The Morgan fingerprint density at radius 3 is 2.87 bits per heavy atom. The third-order valence-corrected chi connectivity index (χ3v) is 5.38. The molecule has 2 aromatic rings. The van der Waals surface area contributed by atoms with Crippen LogP contribution in [-0.4, -0.2) is 53.2 Å². The standard InChI is InChI=1S/C21H30N6O3/c1-15-25-26-19(27(15)2)14-24-21(23-13-17-7-4-9-28-17)22-12-16-6-3-8-18-20(16)30-11-5-10-29-18/h3,6,8,17H,4-5,7,9-14H2,1-2H3,(H2,22,23,24). The molecular weight excluding hydrogens is 384 g/mol. The first-order chi connectivity index (χ1) is 14.7. The number of nitrogens with zero attached hydrogens (tertiary/aromatic N) is 4. The number of nitrogens with one attached hydrogen (secondary N) is 2. The lowest BCUT2D eigenvalue weighted by molar-refractivity contribution is 0.113. The van der Waals surface area contributed by atoms with Gasteiger partial charge >= 0.3 is 0 Å². The van der Waals surface area contributed by atoms with Crippen molar-refractivity contribution in [1.82, 2.24) is 25.4 Å². The van der Waals surface area contributed by atoms with Gasteiger partial charge in [0.05, 0.1) is 32.4 Å². The molecule has 2 N–H and O–H groups in total. The van der Waals surface area contributed by atoms with Gasteiger partial charge in [0, 0.05) is 32.2 Å². The van der Waals surface area contributed by atoms with E-state index in [1.807, 2.05) is 36.7 Å². The van der Waals surface area contributed by atoms with Gasteiger partial charge in [-0.1, -0.05) is 12.1 Å². The lowest BCUT2D eigenvalue weighted by Gasteiger charge is -2.16. The van der Waals surface area contributed by atoms with Gasteiger partial charge in [0.25, 0.3) is 0 Å². The SMILES string of the molecule is Cc1nnc(CNC(=NCc2cccc3c2OCCCO3)NCC2CCCO2)n1C. The Hall–Kier alpha value is -2.81. The van der Waals surface area contributed by atoms with E-state index in [2.05, 4.69) is 20.8 Å². The minimum absolute atomic E-state index is 0.221. The van der Waals surface area contributed by atoms with E-state index in [0.29, 0.717) is 32.3 Å². The molecule has 1 saturated heterocycles. The maximum atomic E-state index is 5.92. The summed E-state index contributed by atoms with van der Waals surface area (Å²) in [4.78, 5) is 4.79. The molecule has 0 saturated carbocycles. The summed E-state index contributed by atoms with van der Waals surface area (Å²) in [5.41, 5.74) is 1.00. The largest absolute Gasteiger partial charge is 0.490 e. The van der Waals surface area contributed by atoms with Gasteiger partial charge < -0.3 is 29.4 Å². The first-order valence-corrected chi connectivity index (χ1v) is 10.6. The highest BCUT2D eigenvalue weighted by Crippen LogP contribution is 2.33. The third kappa shape index (κ3) is 5.02. The number of benzene rings is 1. The minimum Gasteiger partial charge on any atom is -0.490 e. The number of ether oxygens (including phenoxy) is 3. The Bertz CT molecular complexity index is 876. The van der Waals surface area contributed by atoms with Gasteiger partial charge in [0.2, 0.25) is 0 Å². The number of guanidine groups is 1. The van der Waals surface area contributed by atoms with E-state index in [-0.39, 0.29) is 6.10 Å². The van der Waals surface area contributed by atoms with E-state index in [4.69, 9.17) is 19.2 Å². The molecule has 1 atom stereocenters. The summed E-state index contributed by atoms with van der Waals surface area (Å²) >= 11 is 0. The van der Waals surface area contributed by atoms with Gasteiger partial charge in [-0.2, -0.15) is 0 Å². The Labute approximate surface area is 176 Å². The Morgan fingerprint density at radius 1 is 1.17 bits per heavy atom. The Morgan fingerprint density at radius 2 is 2.07 bits per heavy atom. The fourth-order valence-corrected chi connectivity index (χ4v) is 3.50. The third-order valence-electron chi connectivity index (χ3n) is 5.38. The number of para-hydroxylation sites is 1. The second kappa shape index (κ2) is 9.80. The van der Waals surface area contributed by atoms with Crippen LogP contribution in [0.2, 0.25) is 0 Å². The lowest BCUT2D eigenvalue weighted by Crippen LogP contribution is -2.41. The van der Waals surface area contributed by atoms with E-state index in [1.54, 1.807) is 0 Å². The quantitative estimate of drug-likeness (QED) is 0.549. The second-order valence-electron chi connectivity index (χ2n) is 7.55. The first-order valence-electron chi connectivity index (χ1n) is 10.6. The summed E-state index contributed by atoms with van der Waals surface area (Å²) < 4.78 is 19.4. The zero-order valence-electron chi connectivity index (χ0n) is 17.7. The lowest BCUT2D eigenvalue weighted by atomic mass is 10.2. The van der Waals surface area contributed by atoms with Crippen LogP contribution in [0.5, 0.6) is 11.5 Å². The van der Waals surface area contributed by atoms with Crippen molar-refractivity contribution in [2.24, 2.45) is 12.0 Å². The number of aryl methyl sites for hydroxylation is 1. The zero-order chi connectivity index (χ0) is 20.8. The topological polar surface area (TPSA) is 94.8 Å². The molecule has 0 spiro atoms. The highest BCUT2D eigenvalue weighted by molar-refractivity contribution is 5.79. The maximum absolute atomic E-state index is 5.92. The average molecular weight is 415 g/mol. The van der Waals surface area contributed by atoms with Crippen LogP contribution in [0.1, 0.15) is 36.5 Å². The molecule has 3 heterocycles. The molecule has 1 aromatic heterocycles. The predicted octanol–water partition coefficient (Wildman–Crippen LogP) is 1.70. The van der Waals surface area contributed by atoms with Gasteiger partial charge in [-0.15, -0.1) is 10.2 Å². The van der Waals surface area contributed by atoms with Crippen LogP contribution in [0.3, 0.4) is 0 Å².